The molecule has 0 fully saturated rings. The Balaban J connectivity index is 0.962. The highest BCUT2D eigenvalue weighted by Gasteiger charge is 2.19. The van der Waals surface area contributed by atoms with Gasteiger partial charge in [-0.15, -0.1) is 0 Å². The third kappa shape index (κ3) is 6.43. The summed E-state index contributed by atoms with van der Waals surface area (Å²) in [5.74, 6) is 2.76. The van der Waals surface area contributed by atoms with Crippen LogP contribution in [0.4, 0.5) is 0 Å². The number of aromatic nitrogens is 6. The molecule has 0 radical (unpaired) electrons. The van der Waals surface area contributed by atoms with Crippen LogP contribution in [-0.4, -0.2) is 29.5 Å². The van der Waals surface area contributed by atoms with Gasteiger partial charge in [0.2, 0.25) is 11.8 Å². The van der Waals surface area contributed by atoms with Crippen molar-refractivity contribution < 1.29 is 8.83 Å². The molecule has 0 bridgehead atoms. The second-order valence-electron chi connectivity index (χ2n) is 16.1. The van der Waals surface area contributed by atoms with Gasteiger partial charge in [-0.05, 0) is 113 Å². The fourth-order valence-electron chi connectivity index (χ4n) is 8.86. The quantitative estimate of drug-likeness (QED) is 0.158. The van der Waals surface area contributed by atoms with Crippen molar-refractivity contribution in [2.24, 2.45) is 0 Å². The highest BCUT2D eigenvalue weighted by Crippen LogP contribution is 2.38. The van der Waals surface area contributed by atoms with Gasteiger partial charge in [-0.25, -0.2) is 24.9 Å². The van der Waals surface area contributed by atoms with Crippen molar-refractivity contribution in [1.82, 2.24) is 29.5 Å². The van der Waals surface area contributed by atoms with Gasteiger partial charge in [-0.3, -0.25) is 0 Å². The van der Waals surface area contributed by atoms with Gasteiger partial charge in [0.05, 0.1) is 11.0 Å². The molecule has 304 valence electrons. The monoisotopic (exact) mass is 834 g/mol. The summed E-state index contributed by atoms with van der Waals surface area (Å²) in [4.78, 5) is 24.9. The third-order valence-electron chi connectivity index (χ3n) is 12.1. The molecule has 0 aliphatic carbocycles. The highest BCUT2D eigenvalue weighted by atomic mass is 16.4. The number of hydrogen-bond donors (Lipinski definition) is 0. The molecule has 0 aliphatic heterocycles. The van der Waals surface area contributed by atoms with Gasteiger partial charge < -0.3 is 13.4 Å². The molecule has 0 saturated heterocycles. The summed E-state index contributed by atoms with van der Waals surface area (Å²) in [5.41, 5.74) is 13.0. The van der Waals surface area contributed by atoms with Gasteiger partial charge in [-0.1, -0.05) is 115 Å². The Hall–Kier alpha value is -9.01. The standard InChI is InChI=1S/C57H34N6O2/c1-2-11-35(12-3-1)40-15-10-16-44(31-40)63-49-30-29-43(33-45(49)46-32-41-13-4-5-14-42(41)34-50(46)63)55-61-53(36-21-25-38(26-22-36)56-58-47-17-6-8-19-51(47)64-56)60-54(62-55)37-23-27-39(28-24-37)57-59-48-18-7-9-20-52(48)65-57/h1-34H. The Morgan fingerprint density at radius 1 is 0.308 bits per heavy atom. The normalized spacial score (nSPS) is 11.7. The topological polar surface area (TPSA) is 95.7 Å². The Labute approximate surface area is 371 Å². The number of para-hydroxylation sites is 4. The Kier molecular flexibility index (Phi) is 8.35. The maximum absolute atomic E-state index is 6.09. The Bertz CT molecular complexity index is 3740. The average Bonchev–Trinajstić information content (AvgIpc) is 4.10. The van der Waals surface area contributed by atoms with Crippen LogP contribution in [0.3, 0.4) is 0 Å². The van der Waals surface area contributed by atoms with Crippen molar-refractivity contribution in [2.75, 3.05) is 0 Å². The van der Waals surface area contributed by atoms with Crippen LogP contribution >= 0.6 is 0 Å². The Morgan fingerprint density at radius 3 is 1.42 bits per heavy atom. The molecule has 13 rings (SSSR count). The number of rotatable bonds is 7. The lowest BCUT2D eigenvalue weighted by molar-refractivity contribution is 0.619. The Morgan fingerprint density at radius 2 is 0.800 bits per heavy atom. The molecule has 8 heteroatoms. The SMILES string of the molecule is c1ccc(-c2cccc(-n3c4ccc(-c5nc(-c6ccc(-c7nc8ccccc8o7)cc6)nc(-c6ccc(-c7nc8ccccc8o7)cc6)n5)cc4c4cc5ccccc5cc43)c2)cc1. The van der Waals surface area contributed by atoms with E-state index in [1.165, 1.54) is 16.3 Å². The molecule has 0 N–H and O–H groups in total. The molecule has 13 aromatic rings. The zero-order valence-electron chi connectivity index (χ0n) is 34.6. The fourth-order valence-corrected chi connectivity index (χ4v) is 8.86. The summed E-state index contributed by atoms with van der Waals surface area (Å²) in [7, 11) is 0. The summed E-state index contributed by atoms with van der Waals surface area (Å²) < 4.78 is 14.6. The molecule has 4 heterocycles. The van der Waals surface area contributed by atoms with Crippen LogP contribution in [0.1, 0.15) is 0 Å². The molecule has 9 aromatic carbocycles. The first kappa shape index (κ1) is 36.6. The molecule has 65 heavy (non-hydrogen) atoms. The lowest BCUT2D eigenvalue weighted by Gasteiger charge is -2.11. The molecule has 0 saturated carbocycles. The number of oxazole rings is 2. The molecule has 0 amide bonds. The number of fused-ring (bicyclic) bond motifs is 6. The van der Waals surface area contributed by atoms with Crippen molar-refractivity contribution in [3.8, 4) is 73.9 Å². The van der Waals surface area contributed by atoms with E-state index in [1.54, 1.807) is 0 Å². The van der Waals surface area contributed by atoms with Crippen LogP contribution in [0.2, 0.25) is 0 Å². The summed E-state index contributed by atoms with van der Waals surface area (Å²) in [6.07, 6.45) is 0. The lowest BCUT2D eigenvalue weighted by atomic mass is 10.0. The zero-order valence-corrected chi connectivity index (χ0v) is 34.6. The predicted molar refractivity (Wildman–Crippen MR) is 259 cm³/mol. The van der Waals surface area contributed by atoms with Gasteiger partial charge in [0, 0.05) is 44.3 Å². The maximum Gasteiger partial charge on any atom is 0.227 e. The van der Waals surface area contributed by atoms with E-state index in [2.05, 4.69) is 114 Å². The maximum atomic E-state index is 6.09. The second kappa shape index (κ2) is 14.8. The van der Waals surface area contributed by atoms with Crippen LogP contribution in [0.25, 0.3) is 129 Å². The van der Waals surface area contributed by atoms with E-state index < -0.39 is 0 Å². The van der Waals surface area contributed by atoms with Crippen LogP contribution in [0.5, 0.6) is 0 Å². The minimum absolute atomic E-state index is 0.545. The minimum Gasteiger partial charge on any atom is -0.436 e. The summed E-state index contributed by atoms with van der Waals surface area (Å²) >= 11 is 0. The third-order valence-corrected chi connectivity index (χ3v) is 12.1. The van der Waals surface area contributed by atoms with E-state index in [0.717, 1.165) is 83.1 Å². The first-order valence-corrected chi connectivity index (χ1v) is 21.5. The minimum atomic E-state index is 0.545. The van der Waals surface area contributed by atoms with E-state index in [-0.39, 0.29) is 0 Å². The van der Waals surface area contributed by atoms with E-state index in [1.807, 2.05) is 97.1 Å². The first-order valence-electron chi connectivity index (χ1n) is 21.5. The highest BCUT2D eigenvalue weighted by molar-refractivity contribution is 6.14. The molecular weight excluding hydrogens is 801 g/mol. The van der Waals surface area contributed by atoms with Gasteiger partial charge in [0.15, 0.2) is 28.6 Å². The van der Waals surface area contributed by atoms with Gasteiger partial charge in [0.25, 0.3) is 0 Å². The van der Waals surface area contributed by atoms with Gasteiger partial charge in [0.1, 0.15) is 11.0 Å². The largest absolute Gasteiger partial charge is 0.436 e. The second-order valence-corrected chi connectivity index (χ2v) is 16.1. The van der Waals surface area contributed by atoms with Crippen LogP contribution in [-0.2, 0) is 0 Å². The summed E-state index contributed by atoms with van der Waals surface area (Å²) in [6.45, 7) is 0. The average molecular weight is 835 g/mol. The van der Waals surface area contributed by atoms with E-state index in [9.17, 15) is 0 Å². The molecule has 0 unspecified atom stereocenters. The van der Waals surface area contributed by atoms with Crippen LogP contribution in [0, 0.1) is 0 Å². The first-order chi connectivity index (χ1) is 32.1. The number of nitrogens with zero attached hydrogens (tertiary/aromatic N) is 6. The number of hydrogen-bond acceptors (Lipinski definition) is 7. The number of benzene rings is 9. The molecule has 0 aliphatic rings. The molecular formula is C57H34N6O2. The zero-order chi connectivity index (χ0) is 42.8. The van der Waals surface area contributed by atoms with Crippen molar-refractivity contribution >= 4 is 54.8 Å². The predicted octanol–water partition coefficient (Wildman–Crippen LogP) is 14.4. The van der Waals surface area contributed by atoms with Crippen molar-refractivity contribution in [1.29, 1.82) is 0 Å². The molecule has 4 aromatic heterocycles. The van der Waals surface area contributed by atoms with E-state index in [0.29, 0.717) is 29.3 Å². The van der Waals surface area contributed by atoms with Crippen molar-refractivity contribution in [3.05, 3.63) is 206 Å². The van der Waals surface area contributed by atoms with E-state index >= 15 is 0 Å². The van der Waals surface area contributed by atoms with Crippen molar-refractivity contribution in [3.63, 3.8) is 0 Å². The fraction of sp³-hybridized carbons (Fsp3) is 0. The molecule has 0 spiro atoms. The smallest absolute Gasteiger partial charge is 0.227 e. The van der Waals surface area contributed by atoms with Crippen LogP contribution < -0.4 is 0 Å². The van der Waals surface area contributed by atoms with Gasteiger partial charge in [-0.2, -0.15) is 0 Å². The van der Waals surface area contributed by atoms with E-state index in [4.69, 9.17) is 33.8 Å². The van der Waals surface area contributed by atoms with Crippen LogP contribution in [0.15, 0.2) is 215 Å². The summed E-state index contributed by atoms with van der Waals surface area (Å²) in [5, 5.41) is 4.60. The molecule has 0 atom stereocenters. The summed E-state index contributed by atoms with van der Waals surface area (Å²) in [6, 6.07) is 70.5. The lowest BCUT2D eigenvalue weighted by Crippen LogP contribution is -2.00. The van der Waals surface area contributed by atoms with Crippen molar-refractivity contribution in [2.45, 2.75) is 0 Å². The van der Waals surface area contributed by atoms with Gasteiger partial charge >= 0.3 is 0 Å². The molecule has 8 nitrogen and oxygen atoms in total.